The number of hydrogen-bond donors (Lipinski definition) is 1. The van der Waals surface area contributed by atoms with Crippen LogP contribution in [0.2, 0.25) is 0 Å². The van der Waals surface area contributed by atoms with Crippen molar-refractivity contribution in [3.63, 3.8) is 0 Å². The minimum atomic E-state index is -0.188. The van der Waals surface area contributed by atoms with Crippen LogP contribution in [0.5, 0.6) is 0 Å². The topological polar surface area (TPSA) is 12.0 Å². The zero-order chi connectivity index (χ0) is 13.8. The fourth-order valence-corrected chi connectivity index (χ4v) is 3.18. The Balaban J connectivity index is 2.07. The molecule has 0 saturated heterocycles. The van der Waals surface area contributed by atoms with E-state index in [-0.39, 0.29) is 11.9 Å². The fraction of sp³-hybridized carbons (Fsp3) is 0.200. The average Bonchev–Trinajstić information content (AvgIpc) is 2.34. The van der Waals surface area contributed by atoms with E-state index in [9.17, 15) is 4.39 Å². The Morgan fingerprint density at radius 2 is 1.74 bits per heavy atom. The van der Waals surface area contributed by atoms with Crippen molar-refractivity contribution in [3.05, 3.63) is 62.8 Å². The zero-order valence-electron chi connectivity index (χ0n) is 10.5. The molecule has 1 unspecified atom stereocenters. The Labute approximate surface area is 129 Å². The summed E-state index contributed by atoms with van der Waals surface area (Å²) in [5.74, 6) is -0.188. The van der Waals surface area contributed by atoms with E-state index < -0.39 is 0 Å². The summed E-state index contributed by atoms with van der Waals surface area (Å²) >= 11 is 7.04. The number of halogens is 3. The van der Waals surface area contributed by atoms with Crippen LogP contribution in [0.15, 0.2) is 51.4 Å². The Kier molecular flexibility index (Phi) is 4.99. The summed E-state index contributed by atoms with van der Waals surface area (Å²) in [5.41, 5.74) is 2.01. The highest BCUT2D eigenvalue weighted by molar-refractivity contribution is 9.11. The van der Waals surface area contributed by atoms with Gasteiger partial charge in [0.1, 0.15) is 5.82 Å². The summed E-state index contributed by atoms with van der Waals surface area (Å²) in [4.78, 5) is 0. The third-order valence-corrected chi connectivity index (χ3v) is 4.11. The van der Waals surface area contributed by atoms with Crippen LogP contribution in [0, 0.1) is 5.82 Å². The summed E-state index contributed by atoms with van der Waals surface area (Å²) in [6.45, 7) is 2.08. The highest BCUT2D eigenvalue weighted by Gasteiger charge is 2.09. The molecule has 100 valence electrons. The van der Waals surface area contributed by atoms with E-state index >= 15 is 0 Å². The molecule has 0 bridgehead atoms. The van der Waals surface area contributed by atoms with Crippen LogP contribution in [0.1, 0.15) is 12.5 Å². The van der Waals surface area contributed by atoms with Gasteiger partial charge in [0, 0.05) is 15.0 Å². The van der Waals surface area contributed by atoms with Crippen molar-refractivity contribution in [2.24, 2.45) is 0 Å². The van der Waals surface area contributed by atoms with E-state index in [1.165, 1.54) is 6.07 Å². The van der Waals surface area contributed by atoms with Crippen molar-refractivity contribution in [2.75, 3.05) is 5.32 Å². The minimum Gasteiger partial charge on any atom is -0.380 e. The van der Waals surface area contributed by atoms with Crippen LogP contribution in [-0.4, -0.2) is 6.04 Å². The van der Waals surface area contributed by atoms with Crippen LogP contribution in [0.3, 0.4) is 0 Å². The molecule has 1 atom stereocenters. The van der Waals surface area contributed by atoms with E-state index in [2.05, 4.69) is 44.1 Å². The van der Waals surface area contributed by atoms with Crippen LogP contribution in [0.4, 0.5) is 10.1 Å². The van der Waals surface area contributed by atoms with Crippen LogP contribution < -0.4 is 5.32 Å². The van der Waals surface area contributed by atoms with Crippen molar-refractivity contribution < 1.29 is 4.39 Å². The van der Waals surface area contributed by atoms with Crippen LogP contribution in [0.25, 0.3) is 0 Å². The molecule has 0 fully saturated rings. The van der Waals surface area contributed by atoms with Crippen molar-refractivity contribution in [3.8, 4) is 0 Å². The third kappa shape index (κ3) is 4.05. The first kappa shape index (κ1) is 14.5. The van der Waals surface area contributed by atoms with E-state index in [4.69, 9.17) is 0 Å². The summed E-state index contributed by atoms with van der Waals surface area (Å²) in [6, 6.07) is 12.9. The Bertz CT molecular complexity index is 552. The monoisotopic (exact) mass is 385 g/mol. The molecule has 1 nitrogen and oxygen atoms in total. The highest BCUT2D eigenvalue weighted by atomic mass is 79.9. The molecule has 19 heavy (non-hydrogen) atoms. The van der Waals surface area contributed by atoms with Gasteiger partial charge in [0.2, 0.25) is 0 Å². The second-order valence-corrected chi connectivity index (χ2v) is 6.18. The molecule has 0 aliphatic heterocycles. The molecule has 2 aromatic rings. The molecule has 4 heteroatoms. The van der Waals surface area contributed by atoms with Gasteiger partial charge in [-0.25, -0.2) is 4.39 Å². The number of nitrogens with one attached hydrogen (secondary N) is 1. The Hall–Kier alpha value is -0.870. The maximum Gasteiger partial charge on any atom is 0.123 e. The van der Waals surface area contributed by atoms with Gasteiger partial charge in [-0.3, -0.25) is 0 Å². The zero-order valence-corrected chi connectivity index (χ0v) is 13.6. The van der Waals surface area contributed by atoms with Gasteiger partial charge in [0.05, 0.1) is 5.69 Å². The molecular formula is C15H14Br2FN. The normalized spacial score (nSPS) is 12.2. The SMILES string of the molecule is CC(Cc1cccc(F)c1)Nc1c(Br)cccc1Br. The molecule has 0 aliphatic carbocycles. The number of anilines is 1. The largest absolute Gasteiger partial charge is 0.380 e. The second-order valence-electron chi connectivity index (χ2n) is 4.48. The Morgan fingerprint density at radius 3 is 2.37 bits per heavy atom. The highest BCUT2D eigenvalue weighted by Crippen LogP contribution is 2.31. The molecule has 2 aromatic carbocycles. The smallest absolute Gasteiger partial charge is 0.123 e. The van der Waals surface area contributed by atoms with Crippen molar-refractivity contribution in [2.45, 2.75) is 19.4 Å². The molecule has 0 aromatic heterocycles. The first-order valence-electron chi connectivity index (χ1n) is 6.01. The van der Waals surface area contributed by atoms with Gasteiger partial charge in [0.15, 0.2) is 0 Å². The maximum atomic E-state index is 13.1. The summed E-state index contributed by atoms with van der Waals surface area (Å²) in [5, 5.41) is 3.43. The number of benzene rings is 2. The first-order chi connectivity index (χ1) is 9.06. The van der Waals surface area contributed by atoms with Gasteiger partial charge >= 0.3 is 0 Å². The van der Waals surface area contributed by atoms with E-state index in [0.29, 0.717) is 0 Å². The predicted octanol–water partition coefficient (Wildman–Crippen LogP) is 5.39. The van der Waals surface area contributed by atoms with Crippen LogP contribution in [-0.2, 0) is 6.42 Å². The van der Waals surface area contributed by atoms with Crippen molar-refractivity contribution in [1.82, 2.24) is 0 Å². The first-order valence-corrected chi connectivity index (χ1v) is 7.60. The molecule has 0 amide bonds. The van der Waals surface area contributed by atoms with Gasteiger partial charge < -0.3 is 5.32 Å². The molecule has 0 radical (unpaired) electrons. The van der Waals surface area contributed by atoms with Gasteiger partial charge in [-0.05, 0) is 75.0 Å². The summed E-state index contributed by atoms with van der Waals surface area (Å²) < 4.78 is 15.2. The van der Waals surface area contributed by atoms with E-state index in [0.717, 1.165) is 26.6 Å². The number of hydrogen-bond acceptors (Lipinski definition) is 1. The third-order valence-electron chi connectivity index (χ3n) is 2.78. The van der Waals surface area contributed by atoms with Gasteiger partial charge in [0.25, 0.3) is 0 Å². The van der Waals surface area contributed by atoms with Gasteiger partial charge in [-0.2, -0.15) is 0 Å². The number of rotatable bonds is 4. The summed E-state index contributed by atoms with van der Waals surface area (Å²) in [7, 11) is 0. The predicted molar refractivity (Wildman–Crippen MR) is 85.0 cm³/mol. The molecular weight excluding hydrogens is 373 g/mol. The lowest BCUT2D eigenvalue weighted by Gasteiger charge is -2.18. The molecule has 1 N–H and O–H groups in total. The molecule has 0 aliphatic rings. The lowest BCUT2D eigenvalue weighted by Crippen LogP contribution is -2.18. The van der Waals surface area contributed by atoms with Gasteiger partial charge in [-0.15, -0.1) is 0 Å². The lowest BCUT2D eigenvalue weighted by atomic mass is 10.1. The quantitative estimate of drug-likeness (QED) is 0.742. The second kappa shape index (κ2) is 6.53. The standard InChI is InChI=1S/C15H14Br2FN/c1-10(8-11-4-2-5-12(18)9-11)19-15-13(16)6-3-7-14(15)17/h2-7,9-10,19H,8H2,1H3. The van der Waals surface area contributed by atoms with E-state index in [1.54, 1.807) is 12.1 Å². The van der Waals surface area contributed by atoms with Gasteiger partial charge in [-0.1, -0.05) is 18.2 Å². The number of para-hydroxylation sites is 1. The average molecular weight is 387 g/mol. The fourth-order valence-electron chi connectivity index (χ4n) is 1.95. The van der Waals surface area contributed by atoms with Crippen molar-refractivity contribution in [1.29, 1.82) is 0 Å². The maximum absolute atomic E-state index is 13.1. The summed E-state index contributed by atoms with van der Waals surface area (Å²) in [6.07, 6.45) is 0.769. The molecule has 2 rings (SSSR count). The van der Waals surface area contributed by atoms with Crippen molar-refractivity contribution >= 4 is 37.5 Å². The lowest BCUT2D eigenvalue weighted by molar-refractivity contribution is 0.624. The molecule has 0 heterocycles. The molecule has 0 saturated carbocycles. The minimum absolute atomic E-state index is 0.188. The molecule has 0 spiro atoms. The Morgan fingerprint density at radius 1 is 1.11 bits per heavy atom. The van der Waals surface area contributed by atoms with E-state index in [1.807, 2.05) is 24.3 Å². The van der Waals surface area contributed by atoms with Crippen LogP contribution >= 0.6 is 31.9 Å².